The van der Waals surface area contributed by atoms with Gasteiger partial charge in [0.2, 0.25) is 0 Å². The third-order valence-corrected chi connectivity index (χ3v) is 2.06. The lowest BCUT2D eigenvalue weighted by atomic mass is 9.85. The molecule has 10 heavy (non-hydrogen) atoms. The van der Waals surface area contributed by atoms with Crippen LogP contribution in [0.25, 0.3) is 0 Å². The normalized spacial score (nSPS) is 22.2. The highest BCUT2D eigenvalue weighted by Gasteiger charge is 2.32. The van der Waals surface area contributed by atoms with Crippen LogP contribution in [-0.2, 0) is 4.74 Å². The first-order chi connectivity index (χ1) is 4.77. The van der Waals surface area contributed by atoms with Crippen molar-refractivity contribution in [3.63, 3.8) is 0 Å². The van der Waals surface area contributed by atoms with E-state index in [9.17, 15) is 0 Å². The van der Waals surface area contributed by atoms with Crippen molar-refractivity contribution < 1.29 is 4.74 Å². The van der Waals surface area contributed by atoms with E-state index in [0.29, 0.717) is 5.41 Å². The Morgan fingerprint density at radius 1 is 1.50 bits per heavy atom. The second kappa shape index (κ2) is 3.35. The Kier molecular flexibility index (Phi) is 2.69. The van der Waals surface area contributed by atoms with Crippen molar-refractivity contribution in [3.8, 4) is 0 Å². The van der Waals surface area contributed by atoms with Gasteiger partial charge in [0.15, 0.2) is 0 Å². The molecule has 0 bridgehead atoms. The monoisotopic (exact) mass is 143 g/mol. The van der Waals surface area contributed by atoms with Crippen molar-refractivity contribution in [1.82, 2.24) is 5.32 Å². The summed E-state index contributed by atoms with van der Waals surface area (Å²) in [6.07, 6.45) is 1.25. The van der Waals surface area contributed by atoms with Gasteiger partial charge in [0.25, 0.3) is 0 Å². The molecule has 0 aliphatic carbocycles. The Hall–Kier alpha value is -0.0800. The lowest BCUT2D eigenvalue weighted by Gasteiger charge is -2.38. The minimum atomic E-state index is 0.488. The molecule has 1 rings (SSSR count). The summed E-state index contributed by atoms with van der Waals surface area (Å²) in [5.74, 6) is 0. The van der Waals surface area contributed by atoms with Crippen molar-refractivity contribution >= 4 is 0 Å². The van der Waals surface area contributed by atoms with Gasteiger partial charge in [-0.25, -0.2) is 0 Å². The second-order valence-corrected chi connectivity index (χ2v) is 3.41. The average Bonchev–Trinajstić information content (AvgIpc) is 1.85. The molecule has 60 valence electrons. The zero-order valence-corrected chi connectivity index (χ0v) is 6.94. The summed E-state index contributed by atoms with van der Waals surface area (Å²) in [6, 6.07) is 0. The molecule has 1 aliphatic rings. The van der Waals surface area contributed by atoms with Crippen molar-refractivity contribution in [2.45, 2.75) is 20.3 Å². The van der Waals surface area contributed by atoms with Crippen LogP contribution in [0.1, 0.15) is 20.3 Å². The predicted molar refractivity (Wildman–Crippen MR) is 42.1 cm³/mol. The molecule has 0 spiro atoms. The smallest absolute Gasteiger partial charge is 0.0542 e. The van der Waals surface area contributed by atoms with Gasteiger partial charge in [0, 0.05) is 5.41 Å². The molecule has 0 aromatic rings. The molecule has 2 heteroatoms. The van der Waals surface area contributed by atoms with E-state index < -0.39 is 0 Å². The van der Waals surface area contributed by atoms with E-state index in [4.69, 9.17) is 4.74 Å². The van der Waals surface area contributed by atoms with E-state index in [-0.39, 0.29) is 0 Å². The molecular formula is C8H17NO. The van der Waals surface area contributed by atoms with E-state index in [2.05, 4.69) is 19.2 Å². The van der Waals surface area contributed by atoms with Gasteiger partial charge in [-0.15, -0.1) is 0 Å². The topological polar surface area (TPSA) is 21.3 Å². The first kappa shape index (κ1) is 8.02. The van der Waals surface area contributed by atoms with E-state index in [1.807, 2.05) is 0 Å². The maximum atomic E-state index is 5.14. The van der Waals surface area contributed by atoms with E-state index in [0.717, 1.165) is 26.3 Å². The van der Waals surface area contributed by atoms with E-state index >= 15 is 0 Å². The summed E-state index contributed by atoms with van der Waals surface area (Å²) in [5, 5.41) is 3.32. The van der Waals surface area contributed by atoms with Gasteiger partial charge >= 0.3 is 0 Å². The van der Waals surface area contributed by atoms with Crippen LogP contribution in [0.5, 0.6) is 0 Å². The van der Waals surface area contributed by atoms with Crippen molar-refractivity contribution in [3.05, 3.63) is 0 Å². The Morgan fingerprint density at radius 2 is 2.20 bits per heavy atom. The number of hydrogen-bond donors (Lipinski definition) is 1. The van der Waals surface area contributed by atoms with Crippen LogP contribution in [0.3, 0.4) is 0 Å². The first-order valence-electron chi connectivity index (χ1n) is 4.05. The zero-order valence-electron chi connectivity index (χ0n) is 6.94. The van der Waals surface area contributed by atoms with Gasteiger partial charge in [0.1, 0.15) is 0 Å². The molecule has 1 fully saturated rings. The Bertz CT molecular complexity index is 99.4. The van der Waals surface area contributed by atoms with E-state index in [1.54, 1.807) is 0 Å². The van der Waals surface area contributed by atoms with Crippen LogP contribution in [-0.4, -0.2) is 26.3 Å². The van der Waals surface area contributed by atoms with Crippen LogP contribution < -0.4 is 5.32 Å². The van der Waals surface area contributed by atoms with Gasteiger partial charge in [-0.3, -0.25) is 0 Å². The fourth-order valence-corrected chi connectivity index (χ4v) is 1.16. The molecule has 0 saturated carbocycles. The zero-order chi connectivity index (χ0) is 7.45. The number of hydrogen-bond acceptors (Lipinski definition) is 2. The molecule has 0 radical (unpaired) electrons. The van der Waals surface area contributed by atoms with Crippen molar-refractivity contribution in [1.29, 1.82) is 0 Å². The van der Waals surface area contributed by atoms with Crippen LogP contribution in [0, 0.1) is 5.41 Å². The summed E-state index contributed by atoms with van der Waals surface area (Å²) in [5.41, 5.74) is 0.488. The Labute approximate surface area is 63.0 Å². The number of ether oxygens (including phenoxy) is 1. The van der Waals surface area contributed by atoms with Gasteiger partial charge in [-0.05, 0) is 19.5 Å². The summed E-state index contributed by atoms with van der Waals surface area (Å²) in [7, 11) is 0. The predicted octanol–water partition coefficient (Wildman–Crippen LogP) is 1.02. The Morgan fingerprint density at radius 3 is 2.60 bits per heavy atom. The van der Waals surface area contributed by atoms with Crippen LogP contribution in [0.15, 0.2) is 0 Å². The largest absolute Gasteiger partial charge is 0.380 e. The molecule has 0 aromatic carbocycles. The summed E-state index contributed by atoms with van der Waals surface area (Å²) < 4.78 is 5.14. The summed E-state index contributed by atoms with van der Waals surface area (Å²) in [4.78, 5) is 0. The van der Waals surface area contributed by atoms with Crippen molar-refractivity contribution in [2.75, 3.05) is 26.3 Å². The lowest BCUT2D eigenvalue weighted by Crippen LogP contribution is -2.41. The maximum Gasteiger partial charge on any atom is 0.0542 e. The molecule has 2 nitrogen and oxygen atoms in total. The highest BCUT2D eigenvalue weighted by Crippen LogP contribution is 2.29. The van der Waals surface area contributed by atoms with Crippen LogP contribution in [0.4, 0.5) is 0 Å². The number of rotatable bonds is 4. The average molecular weight is 143 g/mol. The molecule has 1 N–H and O–H groups in total. The second-order valence-electron chi connectivity index (χ2n) is 3.41. The molecule has 1 aliphatic heterocycles. The summed E-state index contributed by atoms with van der Waals surface area (Å²) in [6.45, 7) is 8.55. The minimum absolute atomic E-state index is 0.488. The summed E-state index contributed by atoms with van der Waals surface area (Å²) >= 11 is 0. The highest BCUT2D eigenvalue weighted by atomic mass is 16.5. The van der Waals surface area contributed by atoms with E-state index in [1.165, 1.54) is 6.42 Å². The molecule has 1 heterocycles. The Balaban J connectivity index is 2.01. The molecular weight excluding hydrogens is 126 g/mol. The van der Waals surface area contributed by atoms with Crippen LogP contribution >= 0.6 is 0 Å². The van der Waals surface area contributed by atoms with Gasteiger partial charge in [0.05, 0.1) is 13.2 Å². The van der Waals surface area contributed by atoms with Crippen LogP contribution in [0.2, 0.25) is 0 Å². The quantitative estimate of drug-likeness (QED) is 0.593. The number of nitrogens with one attached hydrogen (secondary N) is 1. The molecule has 1 saturated heterocycles. The van der Waals surface area contributed by atoms with Gasteiger partial charge < -0.3 is 10.1 Å². The molecule has 0 aromatic heterocycles. The third-order valence-electron chi connectivity index (χ3n) is 2.06. The molecule has 0 unspecified atom stereocenters. The highest BCUT2D eigenvalue weighted by molar-refractivity contribution is 4.80. The lowest BCUT2D eigenvalue weighted by molar-refractivity contribution is -0.105. The van der Waals surface area contributed by atoms with Gasteiger partial charge in [-0.1, -0.05) is 13.8 Å². The fourth-order valence-electron chi connectivity index (χ4n) is 1.16. The maximum absolute atomic E-state index is 5.14. The standard InChI is InChI=1S/C8H17NO/c1-3-9-5-4-8(2)6-10-7-8/h9H,3-7H2,1-2H3. The molecule has 0 amide bonds. The fraction of sp³-hybridized carbons (Fsp3) is 1.00. The first-order valence-corrected chi connectivity index (χ1v) is 4.05. The third kappa shape index (κ3) is 1.96. The minimum Gasteiger partial charge on any atom is -0.380 e. The van der Waals surface area contributed by atoms with Gasteiger partial charge in [-0.2, -0.15) is 0 Å². The molecule has 0 atom stereocenters. The SMILES string of the molecule is CCNCCC1(C)COC1. The van der Waals surface area contributed by atoms with Crippen molar-refractivity contribution in [2.24, 2.45) is 5.41 Å².